The fraction of sp³-hybridized carbons (Fsp3) is 0.625. The summed E-state index contributed by atoms with van der Waals surface area (Å²) in [6.45, 7) is 6.13. The lowest BCUT2D eigenvalue weighted by atomic mass is 10.1. The summed E-state index contributed by atoms with van der Waals surface area (Å²) in [5.74, 6) is 2.13. The first kappa shape index (κ1) is 17.6. The Bertz CT molecular complexity index is 411. The maximum Gasteiger partial charge on any atom is 0.203 e. The molecule has 0 amide bonds. The Labute approximate surface area is 128 Å². The van der Waals surface area contributed by atoms with Crippen LogP contribution in [0.1, 0.15) is 18.9 Å². The third-order valence-electron chi connectivity index (χ3n) is 3.31. The molecule has 0 unspecified atom stereocenters. The van der Waals surface area contributed by atoms with Crippen molar-refractivity contribution in [3.63, 3.8) is 0 Å². The van der Waals surface area contributed by atoms with Crippen LogP contribution in [0.15, 0.2) is 12.1 Å². The highest BCUT2D eigenvalue weighted by atomic mass is 16.5. The van der Waals surface area contributed by atoms with Crippen molar-refractivity contribution in [3.05, 3.63) is 17.7 Å². The molecule has 0 saturated carbocycles. The molecular weight excluding hydrogens is 268 g/mol. The lowest BCUT2D eigenvalue weighted by molar-refractivity contribution is 0.322. The molecule has 0 aliphatic heterocycles. The maximum atomic E-state index is 5.48. The predicted octanol–water partition coefficient (Wildman–Crippen LogP) is 1.84. The third kappa shape index (κ3) is 5.44. The number of ether oxygens (including phenoxy) is 3. The van der Waals surface area contributed by atoms with Crippen LogP contribution in [-0.4, -0.2) is 47.5 Å². The quantitative estimate of drug-likeness (QED) is 0.610. The molecule has 120 valence electrons. The van der Waals surface area contributed by atoms with Gasteiger partial charge in [0.15, 0.2) is 11.5 Å². The summed E-state index contributed by atoms with van der Waals surface area (Å²) in [4.78, 5) is 0. The van der Waals surface area contributed by atoms with E-state index in [0.717, 1.165) is 50.3 Å². The number of hydrogen-bond acceptors (Lipinski definition) is 5. The highest BCUT2D eigenvalue weighted by molar-refractivity contribution is 5.55. The van der Waals surface area contributed by atoms with Gasteiger partial charge in [0.25, 0.3) is 0 Å². The molecule has 0 saturated heterocycles. The zero-order valence-electron chi connectivity index (χ0n) is 13.6. The largest absolute Gasteiger partial charge is 0.493 e. The molecule has 5 nitrogen and oxygen atoms in total. The summed E-state index contributed by atoms with van der Waals surface area (Å²) >= 11 is 0. The topological polar surface area (TPSA) is 51.8 Å². The highest BCUT2D eigenvalue weighted by Gasteiger charge is 2.15. The minimum atomic E-state index is 0.664. The van der Waals surface area contributed by atoms with Crippen LogP contribution in [0.3, 0.4) is 0 Å². The van der Waals surface area contributed by atoms with Crippen molar-refractivity contribution in [1.29, 1.82) is 0 Å². The van der Waals surface area contributed by atoms with E-state index >= 15 is 0 Å². The summed E-state index contributed by atoms with van der Waals surface area (Å²) in [5.41, 5.74) is 1.14. The van der Waals surface area contributed by atoms with Crippen LogP contribution >= 0.6 is 0 Å². The zero-order valence-corrected chi connectivity index (χ0v) is 13.6. The molecule has 0 aliphatic rings. The van der Waals surface area contributed by atoms with Crippen molar-refractivity contribution >= 4 is 0 Å². The number of likely N-dealkylation sites (N-methyl/N-ethyl adjacent to an activating group) is 1. The molecule has 0 bridgehead atoms. The van der Waals surface area contributed by atoms with Gasteiger partial charge in [0.1, 0.15) is 0 Å². The van der Waals surface area contributed by atoms with E-state index in [1.807, 2.05) is 12.1 Å². The van der Waals surface area contributed by atoms with E-state index in [2.05, 4.69) is 17.6 Å². The predicted molar refractivity (Wildman–Crippen MR) is 85.8 cm³/mol. The molecular formula is C16H28N2O3. The van der Waals surface area contributed by atoms with Crippen LogP contribution in [0, 0.1) is 0 Å². The Kier molecular flexibility index (Phi) is 8.62. The Morgan fingerprint density at radius 1 is 0.857 bits per heavy atom. The van der Waals surface area contributed by atoms with E-state index in [1.54, 1.807) is 21.3 Å². The van der Waals surface area contributed by atoms with E-state index < -0.39 is 0 Å². The average molecular weight is 296 g/mol. The first-order chi connectivity index (χ1) is 10.3. The fourth-order valence-corrected chi connectivity index (χ4v) is 2.24. The summed E-state index contributed by atoms with van der Waals surface area (Å²) in [5, 5.41) is 6.71. The molecule has 1 aromatic carbocycles. The Balaban J connectivity index is 2.51. The number of nitrogens with one attached hydrogen (secondary N) is 2. The maximum absolute atomic E-state index is 5.48. The first-order valence-corrected chi connectivity index (χ1v) is 7.47. The SMILES string of the molecule is CCNCCNCCCc1ccc(OC)c(OC)c1OC. The third-order valence-corrected chi connectivity index (χ3v) is 3.31. The van der Waals surface area contributed by atoms with Gasteiger partial charge in [0.2, 0.25) is 5.75 Å². The van der Waals surface area contributed by atoms with Gasteiger partial charge in [-0.15, -0.1) is 0 Å². The zero-order chi connectivity index (χ0) is 15.5. The lowest BCUT2D eigenvalue weighted by Crippen LogP contribution is -2.27. The average Bonchev–Trinajstić information content (AvgIpc) is 2.52. The minimum absolute atomic E-state index is 0.664. The summed E-state index contributed by atoms with van der Waals surface area (Å²) in [6, 6.07) is 3.97. The fourth-order valence-electron chi connectivity index (χ4n) is 2.24. The van der Waals surface area contributed by atoms with Crippen LogP contribution in [0.5, 0.6) is 17.2 Å². The minimum Gasteiger partial charge on any atom is -0.493 e. The van der Waals surface area contributed by atoms with E-state index in [0.29, 0.717) is 11.5 Å². The molecule has 1 rings (SSSR count). The van der Waals surface area contributed by atoms with Crippen molar-refractivity contribution in [2.24, 2.45) is 0 Å². The van der Waals surface area contributed by atoms with Gasteiger partial charge < -0.3 is 24.8 Å². The Morgan fingerprint density at radius 2 is 1.57 bits per heavy atom. The molecule has 2 N–H and O–H groups in total. The summed E-state index contributed by atoms with van der Waals surface area (Å²) in [6.07, 6.45) is 2.00. The monoisotopic (exact) mass is 296 g/mol. The van der Waals surface area contributed by atoms with Crippen LogP contribution < -0.4 is 24.8 Å². The van der Waals surface area contributed by atoms with Gasteiger partial charge in [-0.05, 0) is 37.6 Å². The molecule has 0 aromatic heterocycles. The van der Waals surface area contributed by atoms with Crippen LogP contribution in [0.25, 0.3) is 0 Å². The van der Waals surface area contributed by atoms with Gasteiger partial charge in [-0.25, -0.2) is 0 Å². The van der Waals surface area contributed by atoms with E-state index in [-0.39, 0.29) is 0 Å². The smallest absolute Gasteiger partial charge is 0.203 e. The second-order valence-electron chi connectivity index (χ2n) is 4.70. The molecule has 0 heterocycles. The Hall–Kier alpha value is -1.46. The van der Waals surface area contributed by atoms with Crippen LogP contribution in [0.4, 0.5) is 0 Å². The number of hydrogen-bond donors (Lipinski definition) is 2. The van der Waals surface area contributed by atoms with Crippen molar-refractivity contribution in [2.75, 3.05) is 47.5 Å². The van der Waals surface area contributed by atoms with Crippen molar-refractivity contribution < 1.29 is 14.2 Å². The van der Waals surface area contributed by atoms with Crippen molar-refractivity contribution in [3.8, 4) is 17.2 Å². The number of aryl methyl sites for hydroxylation is 1. The molecule has 0 spiro atoms. The Morgan fingerprint density at radius 3 is 2.19 bits per heavy atom. The molecule has 0 atom stereocenters. The standard InChI is InChI=1S/C16H28N2O3/c1-5-17-11-12-18-10-6-7-13-8-9-14(19-2)16(21-4)15(13)20-3/h8-9,17-18H,5-7,10-12H2,1-4H3. The van der Waals surface area contributed by atoms with Gasteiger partial charge in [0.05, 0.1) is 21.3 Å². The van der Waals surface area contributed by atoms with Gasteiger partial charge in [-0.1, -0.05) is 13.0 Å². The van der Waals surface area contributed by atoms with Gasteiger partial charge in [0, 0.05) is 13.1 Å². The molecule has 21 heavy (non-hydrogen) atoms. The van der Waals surface area contributed by atoms with E-state index in [1.165, 1.54) is 0 Å². The highest BCUT2D eigenvalue weighted by Crippen LogP contribution is 2.40. The second-order valence-corrected chi connectivity index (χ2v) is 4.70. The van der Waals surface area contributed by atoms with Gasteiger partial charge in [-0.2, -0.15) is 0 Å². The van der Waals surface area contributed by atoms with Gasteiger partial charge >= 0.3 is 0 Å². The number of methoxy groups -OCH3 is 3. The molecule has 0 aliphatic carbocycles. The molecule has 0 fully saturated rings. The van der Waals surface area contributed by atoms with Crippen molar-refractivity contribution in [1.82, 2.24) is 10.6 Å². The van der Waals surface area contributed by atoms with Crippen LogP contribution in [0.2, 0.25) is 0 Å². The summed E-state index contributed by atoms with van der Waals surface area (Å²) < 4.78 is 16.2. The first-order valence-electron chi connectivity index (χ1n) is 7.47. The van der Waals surface area contributed by atoms with Crippen LogP contribution in [-0.2, 0) is 6.42 Å². The second kappa shape index (κ2) is 10.3. The molecule has 0 radical (unpaired) electrons. The molecule has 5 heteroatoms. The number of benzene rings is 1. The van der Waals surface area contributed by atoms with E-state index in [9.17, 15) is 0 Å². The summed E-state index contributed by atoms with van der Waals surface area (Å²) in [7, 11) is 4.92. The number of rotatable bonds is 11. The normalized spacial score (nSPS) is 10.5. The molecule has 1 aromatic rings. The van der Waals surface area contributed by atoms with E-state index in [4.69, 9.17) is 14.2 Å². The van der Waals surface area contributed by atoms with Crippen molar-refractivity contribution in [2.45, 2.75) is 19.8 Å². The van der Waals surface area contributed by atoms with Gasteiger partial charge in [-0.3, -0.25) is 0 Å². The lowest BCUT2D eigenvalue weighted by Gasteiger charge is -2.15.